The molecule has 0 aliphatic heterocycles. The SMILES string of the molecule is CCOC(=O)c1c(NC(=O)C(C)OC(=O)c2cc(-c3ccco3)nc3ccccc23)sc2c1CCC(C)C2. The van der Waals surface area contributed by atoms with Crippen LogP contribution in [0, 0.1) is 5.92 Å². The van der Waals surface area contributed by atoms with E-state index in [9.17, 15) is 14.4 Å². The lowest BCUT2D eigenvalue weighted by Crippen LogP contribution is -2.30. The van der Waals surface area contributed by atoms with Gasteiger partial charge in [-0.05, 0) is 68.9 Å². The zero-order valence-electron chi connectivity index (χ0n) is 21.4. The third kappa shape index (κ3) is 5.06. The second kappa shape index (κ2) is 10.8. The number of benzene rings is 1. The molecule has 9 heteroatoms. The first-order valence-corrected chi connectivity index (χ1v) is 13.4. The summed E-state index contributed by atoms with van der Waals surface area (Å²) < 4.78 is 16.3. The highest BCUT2D eigenvalue weighted by molar-refractivity contribution is 7.17. The van der Waals surface area contributed by atoms with Gasteiger partial charge in [-0.15, -0.1) is 11.3 Å². The molecule has 3 heterocycles. The van der Waals surface area contributed by atoms with Crippen molar-refractivity contribution in [3.05, 3.63) is 70.3 Å². The Hall–Kier alpha value is -3.98. The van der Waals surface area contributed by atoms with E-state index in [1.807, 2.05) is 6.07 Å². The van der Waals surface area contributed by atoms with Gasteiger partial charge in [0.25, 0.3) is 5.91 Å². The van der Waals surface area contributed by atoms with Crippen molar-refractivity contribution in [3.8, 4) is 11.5 Å². The number of fused-ring (bicyclic) bond motifs is 2. The molecule has 1 aliphatic rings. The van der Waals surface area contributed by atoms with Gasteiger partial charge in [0.15, 0.2) is 11.9 Å². The smallest absolute Gasteiger partial charge is 0.341 e. The molecule has 38 heavy (non-hydrogen) atoms. The summed E-state index contributed by atoms with van der Waals surface area (Å²) in [5.74, 6) is -0.628. The lowest BCUT2D eigenvalue weighted by molar-refractivity contribution is -0.123. The quantitative estimate of drug-likeness (QED) is 0.289. The van der Waals surface area contributed by atoms with Crippen LogP contribution in [-0.4, -0.2) is 35.5 Å². The molecule has 2 atom stereocenters. The van der Waals surface area contributed by atoms with Gasteiger partial charge < -0.3 is 19.2 Å². The molecule has 0 radical (unpaired) electrons. The monoisotopic (exact) mass is 532 g/mol. The number of carbonyl (C=O) groups is 3. The number of esters is 2. The van der Waals surface area contributed by atoms with Crippen LogP contribution < -0.4 is 5.32 Å². The number of furan rings is 1. The van der Waals surface area contributed by atoms with Crippen LogP contribution in [-0.2, 0) is 27.1 Å². The van der Waals surface area contributed by atoms with E-state index < -0.39 is 23.9 Å². The molecule has 196 valence electrons. The fraction of sp³-hybridized carbons (Fsp3) is 0.310. The Morgan fingerprint density at radius 1 is 1.18 bits per heavy atom. The summed E-state index contributed by atoms with van der Waals surface area (Å²) >= 11 is 1.39. The van der Waals surface area contributed by atoms with Crippen LogP contribution >= 0.6 is 11.3 Å². The van der Waals surface area contributed by atoms with Crippen molar-refractivity contribution in [1.29, 1.82) is 0 Å². The molecule has 0 bridgehead atoms. The molecule has 0 saturated carbocycles. The van der Waals surface area contributed by atoms with Gasteiger partial charge in [-0.3, -0.25) is 4.79 Å². The van der Waals surface area contributed by atoms with Crippen LogP contribution in [0.2, 0.25) is 0 Å². The van der Waals surface area contributed by atoms with E-state index in [-0.39, 0.29) is 12.2 Å². The number of anilines is 1. The van der Waals surface area contributed by atoms with Crippen molar-refractivity contribution in [3.63, 3.8) is 0 Å². The predicted molar refractivity (Wildman–Crippen MR) is 144 cm³/mol. The molecule has 0 saturated heterocycles. The molecule has 1 aliphatic carbocycles. The topological polar surface area (TPSA) is 108 Å². The predicted octanol–water partition coefficient (Wildman–Crippen LogP) is 6.04. The number of pyridine rings is 1. The summed E-state index contributed by atoms with van der Waals surface area (Å²) in [6.07, 6.45) is 2.99. The summed E-state index contributed by atoms with van der Waals surface area (Å²) in [5, 5.41) is 3.86. The average Bonchev–Trinajstić information content (AvgIpc) is 3.56. The number of hydrogen-bond donors (Lipinski definition) is 1. The van der Waals surface area contributed by atoms with E-state index in [1.165, 1.54) is 24.5 Å². The number of aromatic nitrogens is 1. The van der Waals surface area contributed by atoms with Gasteiger partial charge in [-0.25, -0.2) is 14.6 Å². The largest absolute Gasteiger partial charge is 0.463 e. The number of nitrogens with one attached hydrogen (secondary N) is 1. The van der Waals surface area contributed by atoms with Gasteiger partial charge >= 0.3 is 11.9 Å². The van der Waals surface area contributed by atoms with Crippen molar-refractivity contribution >= 4 is 45.1 Å². The Balaban J connectivity index is 1.38. The van der Waals surface area contributed by atoms with Crippen LogP contribution in [0.25, 0.3) is 22.4 Å². The molecule has 2 unspecified atom stereocenters. The zero-order chi connectivity index (χ0) is 26.8. The van der Waals surface area contributed by atoms with Gasteiger partial charge in [-0.1, -0.05) is 25.1 Å². The molecule has 1 N–H and O–H groups in total. The van der Waals surface area contributed by atoms with Crippen LogP contribution in [0.1, 0.15) is 58.3 Å². The Labute approximate surface area is 224 Å². The van der Waals surface area contributed by atoms with Crippen molar-refractivity contribution in [1.82, 2.24) is 4.98 Å². The van der Waals surface area contributed by atoms with E-state index in [0.29, 0.717) is 38.8 Å². The fourth-order valence-corrected chi connectivity index (χ4v) is 6.05. The lowest BCUT2D eigenvalue weighted by atomic mass is 9.88. The molecule has 1 amide bonds. The van der Waals surface area contributed by atoms with Gasteiger partial charge in [-0.2, -0.15) is 0 Å². The molecular weight excluding hydrogens is 504 g/mol. The van der Waals surface area contributed by atoms with Crippen LogP contribution in [0.4, 0.5) is 5.00 Å². The Kier molecular flexibility index (Phi) is 7.28. The van der Waals surface area contributed by atoms with Crippen LogP contribution in [0.15, 0.2) is 53.1 Å². The van der Waals surface area contributed by atoms with Crippen LogP contribution in [0.3, 0.4) is 0 Å². The summed E-state index contributed by atoms with van der Waals surface area (Å²) in [7, 11) is 0. The molecule has 3 aromatic heterocycles. The first-order valence-electron chi connectivity index (χ1n) is 12.6. The normalized spacial score (nSPS) is 15.5. The van der Waals surface area contributed by atoms with E-state index in [0.717, 1.165) is 29.7 Å². The summed E-state index contributed by atoms with van der Waals surface area (Å²) in [5.41, 5.74) is 2.71. The summed E-state index contributed by atoms with van der Waals surface area (Å²) in [6, 6.07) is 12.3. The van der Waals surface area contributed by atoms with Gasteiger partial charge in [0.05, 0.1) is 29.5 Å². The van der Waals surface area contributed by atoms with Crippen molar-refractivity contribution in [2.45, 2.75) is 46.1 Å². The zero-order valence-corrected chi connectivity index (χ0v) is 22.2. The number of carbonyl (C=O) groups excluding carboxylic acids is 3. The second-order valence-corrected chi connectivity index (χ2v) is 10.5. The summed E-state index contributed by atoms with van der Waals surface area (Å²) in [4.78, 5) is 44.9. The summed E-state index contributed by atoms with van der Waals surface area (Å²) in [6.45, 7) is 5.66. The number of para-hydroxylation sites is 1. The second-order valence-electron chi connectivity index (χ2n) is 9.36. The van der Waals surface area contributed by atoms with E-state index >= 15 is 0 Å². The lowest BCUT2D eigenvalue weighted by Gasteiger charge is -2.18. The standard InChI is InChI=1S/C29H28N2O6S/c1-4-35-29(34)25-19-12-11-16(2)14-24(19)38-27(25)31-26(32)17(3)37-28(33)20-15-22(23-10-7-13-36-23)30-21-9-6-5-8-18(20)21/h5-10,13,15-17H,4,11-12,14H2,1-3H3,(H,31,32). The van der Waals surface area contributed by atoms with Crippen LogP contribution in [0.5, 0.6) is 0 Å². The molecule has 8 nitrogen and oxygen atoms in total. The first kappa shape index (κ1) is 25.7. The number of nitrogens with zero attached hydrogens (tertiary/aromatic N) is 1. The average molecular weight is 533 g/mol. The third-order valence-corrected chi connectivity index (χ3v) is 7.76. The molecule has 1 aromatic carbocycles. The molecule has 0 fully saturated rings. The maximum Gasteiger partial charge on any atom is 0.341 e. The minimum atomic E-state index is -1.12. The number of amides is 1. The maximum atomic E-state index is 13.3. The maximum absolute atomic E-state index is 13.3. The highest BCUT2D eigenvalue weighted by atomic mass is 32.1. The first-order chi connectivity index (χ1) is 18.4. The van der Waals surface area contributed by atoms with Gasteiger partial charge in [0.1, 0.15) is 10.7 Å². The minimum Gasteiger partial charge on any atom is -0.463 e. The Morgan fingerprint density at radius 2 is 2.00 bits per heavy atom. The molecular formula is C29H28N2O6S. The number of rotatable bonds is 7. The van der Waals surface area contributed by atoms with E-state index in [4.69, 9.17) is 13.9 Å². The number of thiophene rings is 1. The minimum absolute atomic E-state index is 0.237. The highest BCUT2D eigenvalue weighted by Crippen LogP contribution is 2.40. The fourth-order valence-electron chi connectivity index (χ4n) is 4.64. The van der Waals surface area contributed by atoms with Gasteiger partial charge in [0, 0.05) is 10.3 Å². The van der Waals surface area contributed by atoms with Gasteiger partial charge in [0.2, 0.25) is 0 Å². The number of hydrogen-bond acceptors (Lipinski definition) is 8. The van der Waals surface area contributed by atoms with E-state index in [2.05, 4.69) is 17.2 Å². The third-order valence-electron chi connectivity index (χ3n) is 6.59. The Bertz CT molecular complexity index is 1510. The molecule has 0 spiro atoms. The molecule has 4 aromatic rings. The van der Waals surface area contributed by atoms with Crippen molar-refractivity contribution < 1.29 is 28.3 Å². The van der Waals surface area contributed by atoms with E-state index in [1.54, 1.807) is 43.3 Å². The highest BCUT2D eigenvalue weighted by Gasteiger charge is 2.30. The van der Waals surface area contributed by atoms with Crippen molar-refractivity contribution in [2.75, 3.05) is 11.9 Å². The van der Waals surface area contributed by atoms with Crippen molar-refractivity contribution in [2.24, 2.45) is 5.92 Å². The molecule has 5 rings (SSSR count). The Morgan fingerprint density at radius 3 is 2.76 bits per heavy atom. The number of ether oxygens (including phenoxy) is 2.